The molecule has 19 heavy (non-hydrogen) atoms. The van der Waals surface area contributed by atoms with Gasteiger partial charge in [0.25, 0.3) is 0 Å². The van der Waals surface area contributed by atoms with Gasteiger partial charge in [-0.05, 0) is 49.9 Å². The Kier molecular flexibility index (Phi) is 3.50. The molecule has 0 saturated heterocycles. The number of benzene rings is 1. The third-order valence-corrected chi connectivity index (χ3v) is 4.40. The summed E-state index contributed by atoms with van der Waals surface area (Å²) in [5.74, 6) is 0.139. The molecule has 2 aliphatic carbocycles. The van der Waals surface area contributed by atoms with Crippen molar-refractivity contribution in [3.05, 3.63) is 34.3 Å². The smallest absolute Gasteiger partial charge is 0.234 e. The summed E-state index contributed by atoms with van der Waals surface area (Å²) in [5.41, 5.74) is 2.54. The van der Waals surface area contributed by atoms with Crippen LogP contribution in [0.25, 0.3) is 0 Å². The van der Waals surface area contributed by atoms with Gasteiger partial charge in [-0.25, -0.2) is 0 Å². The summed E-state index contributed by atoms with van der Waals surface area (Å²) in [4.78, 5) is 14.0. The lowest BCUT2D eigenvalue weighted by molar-refractivity contribution is -0.122. The first kappa shape index (κ1) is 12.9. The van der Waals surface area contributed by atoms with Crippen LogP contribution in [0.5, 0.6) is 0 Å². The molecule has 102 valence electrons. The van der Waals surface area contributed by atoms with E-state index in [2.05, 4.69) is 16.3 Å². The van der Waals surface area contributed by atoms with Crippen molar-refractivity contribution in [3.8, 4) is 0 Å². The number of hydrogen-bond acceptors (Lipinski definition) is 2. The summed E-state index contributed by atoms with van der Waals surface area (Å²) in [6.45, 7) is 0.465. The lowest BCUT2D eigenvalue weighted by Crippen LogP contribution is -2.37. The second-order valence-electron chi connectivity index (χ2n) is 5.62. The Balaban J connectivity index is 1.67. The molecule has 0 aliphatic heterocycles. The number of nitrogens with zero attached hydrogens (tertiary/aromatic N) is 1. The Morgan fingerprint density at radius 3 is 2.95 bits per heavy atom. The van der Waals surface area contributed by atoms with Crippen LogP contribution in [0.3, 0.4) is 0 Å². The van der Waals surface area contributed by atoms with Gasteiger partial charge in [0.05, 0.1) is 6.54 Å². The minimum Gasteiger partial charge on any atom is -0.352 e. The third-order valence-electron chi connectivity index (χ3n) is 4.05. The molecule has 0 bridgehead atoms. The highest BCUT2D eigenvalue weighted by Gasteiger charge is 2.29. The zero-order chi connectivity index (χ0) is 13.4. The maximum atomic E-state index is 11.9. The maximum Gasteiger partial charge on any atom is 0.234 e. The van der Waals surface area contributed by atoms with Crippen LogP contribution in [0.15, 0.2) is 18.2 Å². The van der Waals surface area contributed by atoms with Crippen molar-refractivity contribution in [1.29, 1.82) is 0 Å². The van der Waals surface area contributed by atoms with Crippen molar-refractivity contribution in [3.63, 3.8) is 0 Å². The Morgan fingerprint density at radius 2 is 2.21 bits per heavy atom. The number of hydrogen-bond donors (Lipinski definition) is 1. The molecule has 0 heterocycles. The highest BCUT2D eigenvalue weighted by molar-refractivity contribution is 6.31. The molecule has 1 amide bonds. The van der Waals surface area contributed by atoms with E-state index in [4.69, 9.17) is 11.6 Å². The van der Waals surface area contributed by atoms with E-state index < -0.39 is 0 Å². The number of carbonyl (C=O) groups excluding carboxylic acids is 1. The maximum absolute atomic E-state index is 11.9. The number of fused-ring (bicyclic) bond motifs is 1. The van der Waals surface area contributed by atoms with Crippen molar-refractivity contribution < 1.29 is 4.79 Å². The molecular weight excluding hydrogens is 260 g/mol. The SMILES string of the molecule is CN(CC(=O)NC1CC1)[C@H]1CCc2c(Cl)cccc21. The molecule has 4 heteroatoms. The van der Waals surface area contributed by atoms with Gasteiger partial charge in [0.1, 0.15) is 0 Å². The van der Waals surface area contributed by atoms with Crippen molar-refractivity contribution >= 4 is 17.5 Å². The van der Waals surface area contributed by atoms with Crippen LogP contribution < -0.4 is 5.32 Å². The Hall–Kier alpha value is -1.06. The van der Waals surface area contributed by atoms with Gasteiger partial charge in [0.15, 0.2) is 0 Å². The van der Waals surface area contributed by atoms with Gasteiger partial charge in [0, 0.05) is 17.1 Å². The van der Waals surface area contributed by atoms with Crippen molar-refractivity contribution in [2.75, 3.05) is 13.6 Å². The lowest BCUT2D eigenvalue weighted by atomic mass is 10.1. The highest BCUT2D eigenvalue weighted by atomic mass is 35.5. The van der Waals surface area contributed by atoms with E-state index in [9.17, 15) is 4.79 Å². The molecule has 0 spiro atoms. The summed E-state index contributed by atoms with van der Waals surface area (Å²) in [6, 6.07) is 6.83. The van der Waals surface area contributed by atoms with Gasteiger partial charge in [-0.15, -0.1) is 0 Å². The number of carbonyl (C=O) groups is 1. The van der Waals surface area contributed by atoms with Crippen LogP contribution in [0.1, 0.15) is 36.4 Å². The number of amides is 1. The summed E-state index contributed by atoms with van der Waals surface area (Å²) in [6.07, 6.45) is 4.33. The lowest BCUT2D eigenvalue weighted by Gasteiger charge is -2.24. The summed E-state index contributed by atoms with van der Waals surface area (Å²) in [7, 11) is 2.02. The van der Waals surface area contributed by atoms with E-state index in [-0.39, 0.29) is 5.91 Å². The first-order chi connectivity index (χ1) is 9.15. The number of rotatable bonds is 4. The van der Waals surface area contributed by atoms with Gasteiger partial charge in [-0.2, -0.15) is 0 Å². The van der Waals surface area contributed by atoms with Gasteiger partial charge >= 0.3 is 0 Å². The number of nitrogens with one attached hydrogen (secondary N) is 1. The fourth-order valence-corrected chi connectivity index (χ4v) is 3.16. The van der Waals surface area contributed by atoms with E-state index in [0.29, 0.717) is 18.6 Å². The molecule has 0 radical (unpaired) electrons. The van der Waals surface area contributed by atoms with Crippen LogP contribution in [-0.4, -0.2) is 30.4 Å². The van der Waals surface area contributed by atoms with Crippen molar-refractivity contribution in [1.82, 2.24) is 10.2 Å². The van der Waals surface area contributed by atoms with Crippen LogP contribution in [0.2, 0.25) is 5.02 Å². The summed E-state index contributed by atoms with van der Waals surface area (Å²) in [5, 5.41) is 3.89. The summed E-state index contributed by atoms with van der Waals surface area (Å²) < 4.78 is 0. The second kappa shape index (κ2) is 5.14. The van der Waals surface area contributed by atoms with E-state index in [0.717, 1.165) is 30.7 Å². The van der Waals surface area contributed by atoms with Crippen molar-refractivity contribution in [2.45, 2.75) is 37.8 Å². The number of halogens is 1. The van der Waals surface area contributed by atoms with Crippen LogP contribution in [0, 0.1) is 0 Å². The standard InChI is InChI=1S/C15H19ClN2O/c1-18(9-15(19)17-10-5-6-10)14-8-7-11-12(14)3-2-4-13(11)16/h2-4,10,14H,5-9H2,1H3,(H,17,19)/t14-/m0/s1. The predicted octanol–water partition coefficient (Wildman–Crippen LogP) is 2.54. The summed E-state index contributed by atoms with van der Waals surface area (Å²) >= 11 is 6.22. The Labute approximate surface area is 118 Å². The molecule has 3 rings (SSSR count). The van der Waals surface area contributed by atoms with Crippen LogP contribution in [0.4, 0.5) is 0 Å². The van der Waals surface area contributed by atoms with Gasteiger partial charge < -0.3 is 5.32 Å². The fourth-order valence-electron chi connectivity index (χ4n) is 2.88. The van der Waals surface area contributed by atoms with Gasteiger partial charge in [-0.3, -0.25) is 9.69 Å². The Bertz CT molecular complexity index is 499. The quantitative estimate of drug-likeness (QED) is 0.918. The van der Waals surface area contributed by atoms with E-state index >= 15 is 0 Å². The molecule has 3 nitrogen and oxygen atoms in total. The monoisotopic (exact) mass is 278 g/mol. The van der Waals surface area contributed by atoms with E-state index in [1.807, 2.05) is 19.2 Å². The molecule has 0 unspecified atom stereocenters. The van der Waals surface area contributed by atoms with Crippen LogP contribution in [-0.2, 0) is 11.2 Å². The van der Waals surface area contributed by atoms with E-state index in [1.165, 1.54) is 11.1 Å². The largest absolute Gasteiger partial charge is 0.352 e. The van der Waals surface area contributed by atoms with Crippen molar-refractivity contribution in [2.24, 2.45) is 0 Å². The predicted molar refractivity (Wildman–Crippen MR) is 76.3 cm³/mol. The zero-order valence-corrected chi connectivity index (χ0v) is 11.9. The molecule has 1 atom stereocenters. The molecule has 0 aromatic heterocycles. The molecule has 2 aliphatic rings. The molecule has 1 N–H and O–H groups in total. The topological polar surface area (TPSA) is 32.3 Å². The first-order valence-corrected chi connectivity index (χ1v) is 7.30. The first-order valence-electron chi connectivity index (χ1n) is 6.92. The minimum atomic E-state index is 0.139. The second-order valence-corrected chi connectivity index (χ2v) is 6.03. The normalized spacial score (nSPS) is 21.5. The molecule has 1 fully saturated rings. The minimum absolute atomic E-state index is 0.139. The zero-order valence-electron chi connectivity index (χ0n) is 11.2. The molecule has 1 saturated carbocycles. The average molecular weight is 279 g/mol. The van der Waals surface area contributed by atoms with Gasteiger partial charge in [-0.1, -0.05) is 23.7 Å². The molecule has 1 aromatic carbocycles. The van der Waals surface area contributed by atoms with Crippen LogP contribution >= 0.6 is 11.6 Å². The third kappa shape index (κ3) is 2.77. The van der Waals surface area contributed by atoms with E-state index in [1.54, 1.807) is 0 Å². The molecule has 1 aromatic rings. The average Bonchev–Trinajstić information content (AvgIpc) is 3.06. The number of likely N-dealkylation sites (N-methyl/N-ethyl adjacent to an activating group) is 1. The Morgan fingerprint density at radius 1 is 1.42 bits per heavy atom. The van der Waals surface area contributed by atoms with Gasteiger partial charge in [0.2, 0.25) is 5.91 Å². The highest BCUT2D eigenvalue weighted by Crippen LogP contribution is 2.38. The molecular formula is C15H19ClN2O. The fraction of sp³-hybridized carbons (Fsp3) is 0.533.